The van der Waals surface area contributed by atoms with Gasteiger partial charge in [0, 0.05) is 0 Å². The van der Waals surface area contributed by atoms with Crippen molar-refractivity contribution in [3.05, 3.63) is 89.5 Å². The van der Waals surface area contributed by atoms with Crippen LogP contribution in [0.25, 0.3) is 0 Å². The van der Waals surface area contributed by atoms with Crippen LogP contribution in [0.15, 0.2) is 72.8 Å². The van der Waals surface area contributed by atoms with E-state index in [9.17, 15) is 4.79 Å². The first kappa shape index (κ1) is 17.5. The average Bonchev–Trinajstić information content (AvgIpc) is 2.65. The van der Waals surface area contributed by atoms with Crippen LogP contribution in [-0.4, -0.2) is 12.8 Å². The zero-order chi connectivity index (χ0) is 18.4. The molecule has 4 nitrogen and oxygen atoms in total. The summed E-state index contributed by atoms with van der Waals surface area (Å²) in [6.07, 6.45) is 0. The molecule has 0 amide bonds. The van der Waals surface area contributed by atoms with Crippen molar-refractivity contribution < 1.29 is 19.0 Å². The van der Waals surface area contributed by atoms with Crippen molar-refractivity contribution in [1.29, 1.82) is 0 Å². The van der Waals surface area contributed by atoms with Crippen LogP contribution in [0, 0.1) is 13.8 Å². The number of aryl methyl sites for hydroxylation is 2. The molecule has 0 saturated carbocycles. The van der Waals surface area contributed by atoms with Crippen molar-refractivity contribution >= 4 is 5.97 Å². The average molecular weight is 348 g/mol. The van der Waals surface area contributed by atoms with Crippen LogP contribution in [0.5, 0.6) is 17.2 Å². The highest BCUT2D eigenvalue weighted by Gasteiger charge is 2.09. The molecule has 3 aromatic carbocycles. The number of carbonyl (C=O) groups is 1. The van der Waals surface area contributed by atoms with Gasteiger partial charge in [-0.05, 0) is 61.4 Å². The van der Waals surface area contributed by atoms with Gasteiger partial charge >= 0.3 is 5.97 Å². The van der Waals surface area contributed by atoms with Crippen LogP contribution in [0.2, 0.25) is 0 Å². The minimum atomic E-state index is -0.408. The van der Waals surface area contributed by atoms with Gasteiger partial charge < -0.3 is 14.2 Å². The van der Waals surface area contributed by atoms with E-state index < -0.39 is 5.97 Å². The molecule has 3 rings (SSSR count). The standard InChI is InChI=1S/C22H20O4/c1-16-7-6-8-17(2)21(16)25-15-24-19-13-11-18(12-14-19)22(23)26-20-9-4-3-5-10-20/h3-14H,15H2,1-2H3. The van der Waals surface area contributed by atoms with E-state index in [4.69, 9.17) is 14.2 Å². The van der Waals surface area contributed by atoms with Gasteiger partial charge in [0.25, 0.3) is 0 Å². The summed E-state index contributed by atoms with van der Waals surface area (Å²) in [5.74, 6) is 1.55. The van der Waals surface area contributed by atoms with E-state index in [0.717, 1.165) is 16.9 Å². The number of carbonyl (C=O) groups excluding carboxylic acids is 1. The van der Waals surface area contributed by atoms with Crippen LogP contribution in [0.1, 0.15) is 21.5 Å². The molecule has 0 unspecified atom stereocenters. The summed E-state index contributed by atoms with van der Waals surface area (Å²) in [6.45, 7) is 4.09. The van der Waals surface area contributed by atoms with E-state index in [-0.39, 0.29) is 6.79 Å². The Morgan fingerprint density at radius 1 is 0.731 bits per heavy atom. The Bertz CT molecular complexity index is 850. The highest BCUT2D eigenvalue weighted by molar-refractivity contribution is 5.91. The Kier molecular flexibility index (Phi) is 5.54. The highest BCUT2D eigenvalue weighted by atomic mass is 16.7. The van der Waals surface area contributed by atoms with E-state index >= 15 is 0 Å². The number of ether oxygens (including phenoxy) is 3. The molecule has 0 atom stereocenters. The van der Waals surface area contributed by atoms with Gasteiger partial charge in [-0.25, -0.2) is 4.79 Å². The number of rotatable bonds is 6. The van der Waals surface area contributed by atoms with Crippen molar-refractivity contribution in [3.8, 4) is 17.2 Å². The van der Waals surface area contributed by atoms with E-state index in [0.29, 0.717) is 17.1 Å². The summed E-state index contributed by atoms with van der Waals surface area (Å²) in [5, 5.41) is 0. The second-order valence-electron chi connectivity index (χ2n) is 5.85. The van der Waals surface area contributed by atoms with Crippen LogP contribution in [0.4, 0.5) is 0 Å². The fourth-order valence-electron chi connectivity index (χ4n) is 2.53. The molecule has 26 heavy (non-hydrogen) atoms. The maximum absolute atomic E-state index is 12.1. The minimum absolute atomic E-state index is 0.0967. The first-order valence-electron chi connectivity index (χ1n) is 8.32. The van der Waals surface area contributed by atoms with Crippen molar-refractivity contribution in [2.45, 2.75) is 13.8 Å². The maximum Gasteiger partial charge on any atom is 0.343 e. The third-order valence-corrected chi connectivity index (χ3v) is 3.88. The number of hydrogen-bond donors (Lipinski definition) is 0. The van der Waals surface area contributed by atoms with Gasteiger partial charge in [-0.2, -0.15) is 0 Å². The minimum Gasteiger partial charge on any atom is -0.458 e. The normalized spacial score (nSPS) is 10.2. The van der Waals surface area contributed by atoms with E-state index in [1.165, 1.54) is 0 Å². The number of benzene rings is 3. The van der Waals surface area contributed by atoms with Crippen molar-refractivity contribution in [2.75, 3.05) is 6.79 Å². The SMILES string of the molecule is Cc1cccc(C)c1OCOc1ccc(C(=O)Oc2ccccc2)cc1. The lowest BCUT2D eigenvalue weighted by atomic mass is 10.1. The molecular weight excluding hydrogens is 328 g/mol. The Hall–Kier alpha value is -3.27. The topological polar surface area (TPSA) is 44.8 Å². The summed E-state index contributed by atoms with van der Waals surface area (Å²) in [5.41, 5.74) is 2.58. The molecule has 0 aromatic heterocycles. The van der Waals surface area contributed by atoms with Crippen LogP contribution < -0.4 is 14.2 Å². The summed E-state index contributed by atoms with van der Waals surface area (Å²) in [4.78, 5) is 12.1. The molecule has 0 fully saturated rings. The van der Waals surface area contributed by atoms with E-state index in [1.54, 1.807) is 36.4 Å². The van der Waals surface area contributed by atoms with Gasteiger partial charge in [0.2, 0.25) is 6.79 Å². The zero-order valence-electron chi connectivity index (χ0n) is 14.8. The highest BCUT2D eigenvalue weighted by Crippen LogP contribution is 2.22. The van der Waals surface area contributed by atoms with Crippen molar-refractivity contribution in [2.24, 2.45) is 0 Å². The summed E-state index contributed by atoms with van der Waals surface area (Å²) in [6, 6.07) is 21.7. The molecule has 0 aliphatic rings. The van der Waals surface area contributed by atoms with Crippen molar-refractivity contribution in [3.63, 3.8) is 0 Å². The monoisotopic (exact) mass is 348 g/mol. The summed E-state index contributed by atoms with van der Waals surface area (Å²) < 4.78 is 16.6. The van der Waals surface area contributed by atoms with Crippen LogP contribution >= 0.6 is 0 Å². The van der Waals surface area contributed by atoms with Crippen LogP contribution in [0.3, 0.4) is 0 Å². The predicted octanol–water partition coefficient (Wildman–Crippen LogP) is 4.94. The molecule has 0 aliphatic heterocycles. The first-order chi connectivity index (χ1) is 12.6. The molecule has 0 saturated heterocycles. The molecule has 0 aliphatic carbocycles. The lowest BCUT2D eigenvalue weighted by Gasteiger charge is -2.13. The second-order valence-corrected chi connectivity index (χ2v) is 5.85. The van der Waals surface area contributed by atoms with E-state index in [1.807, 2.05) is 50.2 Å². The molecular formula is C22H20O4. The molecule has 4 heteroatoms. The van der Waals surface area contributed by atoms with Gasteiger partial charge in [0.05, 0.1) is 5.56 Å². The lowest BCUT2D eigenvalue weighted by Crippen LogP contribution is -2.09. The summed E-state index contributed by atoms with van der Waals surface area (Å²) >= 11 is 0. The lowest BCUT2D eigenvalue weighted by molar-refractivity contribution is 0.0734. The maximum atomic E-state index is 12.1. The summed E-state index contributed by atoms with van der Waals surface area (Å²) in [7, 11) is 0. The molecule has 0 bridgehead atoms. The fourth-order valence-corrected chi connectivity index (χ4v) is 2.53. The van der Waals surface area contributed by atoms with Gasteiger partial charge in [-0.1, -0.05) is 36.4 Å². The van der Waals surface area contributed by atoms with Crippen LogP contribution in [-0.2, 0) is 0 Å². The third-order valence-electron chi connectivity index (χ3n) is 3.88. The number of hydrogen-bond acceptors (Lipinski definition) is 4. The van der Waals surface area contributed by atoms with Crippen molar-refractivity contribution in [1.82, 2.24) is 0 Å². The van der Waals surface area contributed by atoms with Gasteiger partial charge in [-0.15, -0.1) is 0 Å². The van der Waals surface area contributed by atoms with Gasteiger partial charge in [-0.3, -0.25) is 0 Å². The Morgan fingerprint density at radius 2 is 1.38 bits per heavy atom. The first-order valence-corrected chi connectivity index (χ1v) is 8.32. The molecule has 0 N–H and O–H groups in total. The molecule has 132 valence electrons. The second kappa shape index (κ2) is 8.21. The predicted molar refractivity (Wildman–Crippen MR) is 99.9 cm³/mol. The molecule has 0 radical (unpaired) electrons. The zero-order valence-corrected chi connectivity index (χ0v) is 14.8. The third kappa shape index (κ3) is 4.42. The smallest absolute Gasteiger partial charge is 0.343 e. The fraction of sp³-hybridized carbons (Fsp3) is 0.136. The molecule has 0 spiro atoms. The largest absolute Gasteiger partial charge is 0.458 e. The van der Waals surface area contributed by atoms with Gasteiger partial charge in [0.1, 0.15) is 17.2 Å². The number of para-hydroxylation sites is 2. The number of esters is 1. The Morgan fingerprint density at radius 3 is 2.04 bits per heavy atom. The Balaban J connectivity index is 1.55. The Labute approximate surface area is 153 Å². The quantitative estimate of drug-likeness (QED) is 0.360. The molecule has 0 heterocycles. The van der Waals surface area contributed by atoms with Gasteiger partial charge in [0.15, 0.2) is 0 Å². The van der Waals surface area contributed by atoms with E-state index in [2.05, 4.69) is 0 Å². The molecule has 3 aromatic rings.